The van der Waals surface area contributed by atoms with Crippen LogP contribution in [0.2, 0.25) is 0 Å². The maximum Gasteiger partial charge on any atom is 0.229 e. The van der Waals surface area contributed by atoms with E-state index in [2.05, 4.69) is 29.5 Å². The summed E-state index contributed by atoms with van der Waals surface area (Å²) >= 11 is 0. The lowest BCUT2D eigenvalue weighted by Gasteiger charge is -2.16. The van der Waals surface area contributed by atoms with Crippen LogP contribution in [0.5, 0.6) is 0 Å². The van der Waals surface area contributed by atoms with Gasteiger partial charge in [-0.25, -0.2) is 4.98 Å². The first-order valence-electron chi connectivity index (χ1n) is 5.60. The molecule has 2 heterocycles. The molecule has 0 bridgehead atoms. The number of anilines is 2. The molecule has 4 heteroatoms. The van der Waals surface area contributed by atoms with Gasteiger partial charge in [-0.1, -0.05) is 13.8 Å². The summed E-state index contributed by atoms with van der Waals surface area (Å²) in [5.74, 6) is 1.17. The van der Waals surface area contributed by atoms with Crippen LogP contribution in [-0.4, -0.2) is 17.4 Å². The Morgan fingerprint density at radius 3 is 2.94 bits per heavy atom. The van der Waals surface area contributed by atoms with Gasteiger partial charge in [0.15, 0.2) is 0 Å². The Labute approximate surface area is 95.5 Å². The number of nitrogens with one attached hydrogen (secondary N) is 2. The number of hydrogen-bond acceptors (Lipinski definition) is 3. The molecule has 1 amide bonds. The van der Waals surface area contributed by atoms with E-state index in [1.165, 1.54) is 0 Å². The second kappa shape index (κ2) is 4.12. The van der Waals surface area contributed by atoms with E-state index >= 15 is 0 Å². The molecular weight excluding hydrogens is 202 g/mol. The van der Waals surface area contributed by atoms with Gasteiger partial charge in [0.1, 0.15) is 5.82 Å². The highest BCUT2D eigenvalue weighted by Gasteiger charge is 2.26. The molecule has 1 aliphatic rings. The first kappa shape index (κ1) is 10.9. The SMILES string of the molecule is Cc1ccnc2c1NC(=O)C(C(C)C)CN2. The molecule has 1 aromatic rings. The third-order valence-corrected chi connectivity index (χ3v) is 3.04. The number of amides is 1. The predicted molar refractivity (Wildman–Crippen MR) is 64.4 cm³/mol. The van der Waals surface area contributed by atoms with Gasteiger partial charge in [-0.05, 0) is 24.5 Å². The van der Waals surface area contributed by atoms with Crippen molar-refractivity contribution >= 4 is 17.4 Å². The average molecular weight is 219 g/mol. The van der Waals surface area contributed by atoms with Crippen LogP contribution in [0.4, 0.5) is 11.5 Å². The Bertz CT molecular complexity index is 415. The number of rotatable bonds is 1. The number of aromatic nitrogens is 1. The minimum Gasteiger partial charge on any atom is -0.368 e. The normalized spacial score (nSPS) is 19.8. The highest BCUT2D eigenvalue weighted by molar-refractivity contribution is 5.97. The smallest absolute Gasteiger partial charge is 0.229 e. The van der Waals surface area contributed by atoms with E-state index in [-0.39, 0.29) is 11.8 Å². The molecule has 0 aromatic carbocycles. The van der Waals surface area contributed by atoms with Crippen molar-refractivity contribution in [3.05, 3.63) is 17.8 Å². The van der Waals surface area contributed by atoms with Crippen molar-refractivity contribution in [2.45, 2.75) is 20.8 Å². The van der Waals surface area contributed by atoms with Gasteiger partial charge >= 0.3 is 0 Å². The van der Waals surface area contributed by atoms with E-state index in [1.54, 1.807) is 6.20 Å². The first-order valence-corrected chi connectivity index (χ1v) is 5.60. The van der Waals surface area contributed by atoms with Crippen molar-refractivity contribution in [2.75, 3.05) is 17.2 Å². The van der Waals surface area contributed by atoms with Crippen LogP contribution in [0, 0.1) is 18.8 Å². The molecule has 0 fully saturated rings. The number of aryl methyl sites for hydroxylation is 1. The van der Waals surface area contributed by atoms with Gasteiger partial charge < -0.3 is 10.6 Å². The number of carbonyl (C=O) groups excluding carboxylic acids is 1. The summed E-state index contributed by atoms with van der Waals surface area (Å²) in [6.07, 6.45) is 1.75. The number of nitrogens with zero attached hydrogens (tertiary/aromatic N) is 1. The Hall–Kier alpha value is -1.58. The van der Waals surface area contributed by atoms with Gasteiger partial charge in [0, 0.05) is 12.7 Å². The van der Waals surface area contributed by atoms with E-state index in [4.69, 9.17) is 0 Å². The molecule has 0 radical (unpaired) electrons. The monoisotopic (exact) mass is 219 g/mol. The zero-order chi connectivity index (χ0) is 11.7. The molecule has 1 aromatic heterocycles. The molecule has 0 spiro atoms. The summed E-state index contributed by atoms with van der Waals surface area (Å²) in [6.45, 7) is 6.73. The predicted octanol–water partition coefficient (Wildman–Crippen LogP) is 2.03. The summed E-state index contributed by atoms with van der Waals surface area (Å²) < 4.78 is 0. The topological polar surface area (TPSA) is 54.0 Å². The number of fused-ring (bicyclic) bond motifs is 1. The fraction of sp³-hybridized carbons (Fsp3) is 0.500. The van der Waals surface area contributed by atoms with E-state index in [9.17, 15) is 4.79 Å². The van der Waals surface area contributed by atoms with Gasteiger partial charge in [-0.3, -0.25) is 4.79 Å². The van der Waals surface area contributed by atoms with Crippen molar-refractivity contribution in [3.8, 4) is 0 Å². The molecule has 86 valence electrons. The van der Waals surface area contributed by atoms with Crippen LogP contribution in [0.3, 0.4) is 0 Å². The number of carbonyl (C=O) groups is 1. The van der Waals surface area contributed by atoms with Gasteiger partial charge in [0.2, 0.25) is 5.91 Å². The minimum absolute atomic E-state index is 0.00593. The van der Waals surface area contributed by atoms with Crippen molar-refractivity contribution < 1.29 is 4.79 Å². The van der Waals surface area contributed by atoms with Crippen molar-refractivity contribution in [2.24, 2.45) is 11.8 Å². The quantitative estimate of drug-likeness (QED) is 0.759. The molecule has 1 atom stereocenters. The summed E-state index contributed by atoms with van der Waals surface area (Å²) in [6, 6.07) is 1.90. The Kier molecular flexibility index (Phi) is 2.81. The standard InChI is InChI=1S/C12H17N3O/c1-7(2)9-6-14-11-10(15-12(9)16)8(3)4-5-13-11/h4-5,7,9H,6H2,1-3H3,(H,13,14)(H,15,16). The van der Waals surface area contributed by atoms with E-state index in [0.29, 0.717) is 12.5 Å². The second-order valence-electron chi connectivity index (χ2n) is 4.57. The van der Waals surface area contributed by atoms with Crippen LogP contribution in [0.15, 0.2) is 12.3 Å². The number of pyridine rings is 1. The zero-order valence-corrected chi connectivity index (χ0v) is 9.87. The Morgan fingerprint density at radius 1 is 1.50 bits per heavy atom. The van der Waals surface area contributed by atoms with Crippen LogP contribution in [0.1, 0.15) is 19.4 Å². The van der Waals surface area contributed by atoms with Gasteiger partial charge in [-0.2, -0.15) is 0 Å². The average Bonchev–Trinajstić information content (AvgIpc) is 2.38. The van der Waals surface area contributed by atoms with E-state index < -0.39 is 0 Å². The molecule has 4 nitrogen and oxygen atoms in total. The molecule has 0 saturated carbocycles. The van der Waals surface area contributed by atoms with Crippen molar-refractivity contribution in [1.82, 2.24) is 4.98 Å². The van der Waals surface area contributed by atoms with E-state index in [1.807, 2.05) is 13.0 Å². The molecule has 2 N–H and O–H groups in total. The summed E-state index contributed by atoms with van der Waals surface area (Å²) in [7, 11) is 0. The van der Waals surface area contributed by atoms with Gasteiger partial charge in [-0.15, -0.1) is 0 Å². The lowest BCUT2D eigenvalue weighted by Crippen LogP contribution is -2.30. The maximum atomic E-state index is 12.0. The Morgan fingerprint density at radius 2 is 2.25 bits per heavy atom. The molecule has 2 rings (SSSR count). The highest BCUT2D eigenvalue weighted by Crippen LogP contribution is 2.28. The molecule has 1 aliphatic heterocycles. The first-order chi connectivity index (χ1) is 7.59. The fourth-order valence-corrected chi connectivity index (χ4v) is 1.90. The lowest BCUT2D eigenvalue weighted by atomic mass is 9.95. The Balaban J connectivity index is 2.34. The van der Waals surface area contributed by atoms with Crippen molar-refractivity contribution in [1.29, 1.82) is 0 Å². The third kappa shape index (κ3) is 1.87. The highest BCUT2D eigenvalue weighted by atomic mass is 16.2. The minimum atomic E-state index is -0.00593. The molecular formula is C12H17N3O. The second-order valence-corrected chi connectivity index (χ2v) is 4.57. The third-order valence-electron chi connectivity index (χ3n) is 3.04. The molecule has 16 heavy (non-hydrogen) atoms. The summed E-state index contributed by atoms with van der Waals surface area (Å²) in [5.41, 5.74) is 1.85. The van der Waals surface area contributed by atoms with Gasteiger partial charge in [0.25, 0.3) is 0 Å². The molecule has 0 aliphatic carbocycles. The maximum absolute atomic E-state index is 12.0. The zero-order valence-electron chi connectivity index (χ0n) is 9.87. The summed E-state index contributed by atoms with van der Waals surface area (Å²) in [5, 5.41) is 6.19. The van der Waals surface area contributed by atoms with Crippen LogP contribution >= 0.6 is 0 Å². The van der Waals surface area contributed by atoms with Crippen LogP contribution in [0.25, 0.3) is 0 Å². The number of hydrogen-bond donors (Lipinski definition) is 2. The molecule has 0 saturated heterocycles. The van der Waals surface area contributed by atoms with Crippen LogP contribution < -0.4 is 10.6 Å². The fourth-order valence-electron chi connectivity index (χ4n) is 1.90. The van der Waals surface area contributed by atoms with E-state index in [0.717, 1.165) is 17.1 Å². The summed E-state index contributed by atoms with van der Waals surface area (Å²) in [4.78, 5) is 16.2. The van der Waals surface area contributed by atoms with Gasteiger partial charge in [0.05, 0.1) is 11.6 Å². The molecule has 1 unspecified atom stereocenters. The lowest BCUT2D eigenvalue weighted by molar-refractivity contribution is -0.120. The van der Waals surface area contributed by atoms with Crippen molar-refractivity contribution in [3.63, 3.8) is 0 Å². The van der Waals surface area contributed by atoms with Crippen LogP contribution in [-0.2, 0) is 4.79 Å². The largest absolute Gasteiger partial charge is 0.368 e.